The van der Waals surface area contributed by atoms with E-state index in [0.717, 1.165) is 5.76 Å². The molecule has 0 N–H and O–H groups in total. The van der Waals surface area contributed by atoms with E-state index >= 15 is 0 Å². The van der Waals surface area contributed by atoms with Gasteiger partial charge in [0, 0.05) is 11.1 Å². The summed E-state index contributed by atoms with van der Waals surface area (Å²) >= 11 is 7.39. The molecule has 0 saturated heterocycles. The number of rotatable bonds is 4. The molecule has 4 aromatic rings. The maximum atomic E-state index is 13.0. The van der Waals surface area contributed by atoms with Gasteiger partial charge in [-0.05, 0) is 36.4 Å². The first kappa shape index (κ1) is 15.9. The van der Waals surface area contributed by atoms with Crippen LogP contribution in [0.4, 0.5) is 0 Å². The molecule has 0 atom stereocenters. The van der Waals surface area contributed by atoms with Crippen LogP contribution < -0.4 is 5.56 Å². The molecule has 0 aliphatic carbocycles. The zero-order chi connectivity index (χ0) is 17.2. The highest BCUT2D eigenvalue weighted by molar-refractivity contribution is 7.98. The zero-order valence-electron chi connectivity index (χ0n) is 12.9. The molecule has 25 heavy (non-hydrogen) atoms. The zero-order valence-corrected chi connectivity index (χ0v) is 14.5. The second-order valence-corrected chi connectivity index (χ2v) is 6.67. The number of halogens is 1. The topological polar surface area (TPSA) is 60.9 Å². The average Bonchev–Trinajstić information content (AvgIpc) is 3.15. The van der Waals surface area contributed by atoms with Crippen LogP contribution in [-0.4, -0.2) is 14.7 Å². The fraction of sp³-hybridized carbons (Fsp3) is 0.0556. The molecule has 0 unspecified atom stereocenters. The summed E-state index contributed by atoms with van der Waals surface area (Å²) in [5.74, 6) is 1.24. The first-order valence-electron chi connectivity index (χ1n) is 7.52. The van der Waals surface area contributed by atoms with Gasteiger partial charge in [0.2, 0.25) is 0 Å². The van der Waals surface area contributed by atoms with Crippen LogP contribution in [-0.2, 0) is 5.75 Å². The third-order valence-corrected chi connectivity index (χ3v) is 4.88. The summed E-state index contributed by atoms with van der Waals surface area (Å²) < 4.78 is 6.73. The van der Waals surface area contributed by atoms with Crippen LogP contribution in [0.25, 0.3) is 16.6 Å². The fourth-order valence-electron chi connectivity index (χ4n) is 2.48. The summed E-state index contributed by atoms with van der Waals surface area (Å²) in [5.41, 5.74) is 1.26. The third kappa shape index (κ3) is 3.18. The highest BCUT2D eigenvalue weighted by Crippen LogP contribution is 2.25. The molecule has 0 aliphatic rings. The number of thioether (sulfide) groups is 1. The molecule has 0 aliphatic heterocycles. The van der Waals surface area contributed by atoms with E-state index in [1.54, 1.807) is 47.2 Å². The van der Waals surface area contributed by atoms with Crippen molar-refractivity contribution in [3.63, 3.8) is 0 Å². The fourth-order valence-corrected chi connectivity index (χ4v) is 3.51. The van der Waals surface area contributed by atoms with Crippen molar-refractivity contribution in [3.05, 3.63) is 81.9 Å². The Morgan fingerprint density at radius 1 is 1.08 bits per heavy atom. The van der Waals surface area contributed by atoms with Gasteiger partial charge in [0.05, 0.1) is 28.5 Å². The Labute approximate surface area is 152 Å². The normalized spacial score (nSPS) is 11.1. The molecule has 2 heterocycles. The molecule has 4 rings (SSSR count). The van der Waals surface area contributed by atoms with Crippen molar-refractivity contribution in [2.24, 2.45) is 0 Å². The summed E-state index contributed by atoms with van der Waals surface area (Å²) in [4.78, 5) is 17.7. The Balaban J connectivity index is 1.87. The van der Waals surface area contributed by atoms with Gasteiger partial charge in [0.1, 0.15) is 5.76 Å². The van der Waals surface area contributed by atoms with Crippen molar-refractivity contribution in [2.75, 3.05) is 0 Å². The van der Waals surface area contributed by atoms with E-state index in [1.165, 1.54) is 11.8 Å². The first-order chi connectivity index (χ1) is 12.2. The molecule has 2 aromatic carbocycles. The van der Waals surface area contributed by atoms with E-state index in [1.807, 2.05) is 18.2 Å². The Bertz CT molecular complexity index is 1080. The van der Waals surface area contributed by atoms with E-state index in [2.05, 4.69) is 10.1 Å². The lowest BCUT2D eigenvalue weighted by molar-refractivity contribution is 0.395. The van der Waals surface area contributed by atoms with Gasteiger partial charge >= 0.3 is 0 Å². The van der Waals surface area contributed by atoms with Gasteiger partial charge in [-0.15, -0.1) is 0 Å². The lowest BCUT2D eigenvalue weighted by atomic mass is 10.2. The summed E-state index contributed by atoms with van der Waals surface area (Å²) in [6.45, 7) is 0. The monoisotopic (exact) mass is 369 g/mol. The summed E-state index contributed by atoms with van der Waals surface area (Å²) in [5, 5.41) is 5.47. The van der Waals surface area contributed by atoms with E-state index in [-0.39, 0.29) is 5.56 Å². The smallest absolute Gasteiger partial charge is 0.266 e. The Kier molecular flexibility index (Phi) is 4.29. The van der Waals surface area contributed by atoms with Crippen LogP contribution in [0.2, 0.25) is 5.02 Å². The first-order valence-corrected chi connectivity index (χ1v) is 8.89. The molecular weight excluding hydrogens is 358 g/mol. The molecule has 0 saturated carbocycles. The Morgan fingerprint density at radius 2 is 1.88 bits per heavy atom. The summed E-state index contributed by atoms with van der Waals surface area (Å²) in [7, 11) is 0. The van der Waals surface area contributed by atoms with Crippen molar-refractivity contribution in [3.8, 4) is 5.69 Å². The van der Waals surface area contributed by atoms with Crippen molar-refractivity contribution in [1.82, 2.24) is 14.7 Å². The largest absolute Gasteiger partial charge is 0.361 e. The van der Waals surface area contributed by atoms with E-state index in [4.69, 9.17) is 16.1 Å². The summed E-state index contributed by atoms with van der Waals surface area (Å²) in [6, 6.07) is 16.2. The lowest BCUT2D eigenvalue weighted by Gasteiger charge is -2.12. The van der Waals surface area contributed by atoms with Gasteiger partial charge in [-0.25, -0.2) is 4.98 Å². The van der Waals surface area contributed by atoms with Crippen LogP contribution in [0, 0.1) is 0 Å². The SMILES string of the molecule is O=c1c2ccccc2nc(SCc2ccno2)n1-c1ccc(Cl)cc1. The standard InChI is InChI=1S/C18H12ClN3O2S/c19-12-5-7-13(8-6-12)22-17(23)15-3-1-2-4-16(15)21-18(22)25-11-14-9-10-20-24-14/h1-10H,11H2. The quantitative estimate of drug-likeness (QED) is 0.396. The third-order valence-electron chi connectivity index (χ3n) is 3.66. The minimum Gasteiger partial charge on any atom is -0.361 e. The number of benzene rings is 2. The molecule has 124 valence electrons. The van der Waals surface area contributed by atoms with Crippen LogP contribution in [0.1, 0.15) is 5.76 Å². The van der Waals surface area contributed by atoms with E-state index in [9.17, 15) is 4.79 Å². The number of fused-ring (bicyclic) bond motifs is 1. The van der Waals surface area contributed by atoms with Crippen molar-refractivity contribution >= 4 is 34.3 Å². The molecule has 7 heteroatoms. The summed E-state index contributed by atoms with van der Waals surface area (Å²) in [6.07, 6.45) is 1.59. The van der Waals surface area contributed by atoms with Crippen LogP contribution >= 0.6 is 23.4 Å². The number of nitrogens with zero attached hydrogens (tertiary/aromatic N) is 3. The van der Waals surface area contributed by atoms with Crippen molar-refractivity contribution < 1.29 is 4.52 Å². The van der Waals surface area contributed by atoms with Crippen LogP contribution in [0.15, 0.2) is 75.3 Å². The van der Waals surface area contributed by atoms with Gasteiger partial charge in [0.25, 0.3) is 5.56 Å². The van der Waals surface area contributed by atoms with E-state index < -0.39 is 0 Å². The van der Waals surface area contributed by atoms with Gasteiger partial charge in [0.15, 0.2) is 5.16 Å². The Morgan fingerprint density at radius 3 is 2.64 bits per heavy atom. The maximum absolute atomic E-state index is 13.0. The number of hydrogen-bond acceptors (Lipinski definition) is 5. The predicted octanol–water partition coefficient (Wildman–Crippen LogP) is 4.32. The molecule has 0 radical (unpaired) electrons. The van der Waals surface area contributed by atoms with Gasteiger partial charge in [-0.2, -0.15) is 0 Å². The van der Waals surface area contributed by atoms with Crippen LogP contribution in [0.3, 0.4) is 0 Å². The highest BCUT2D eigenvalue weighted by atomic mass is 35.5. The highest BCUT2D eigenvalue weighted by Gasteiger charge is 2.14. The van der Waals surface area contributed by atoms with Gasteiger partial charge < -0.3 is 4.52 Å². The molecular formula is C18H12ClN3O2S. The molecule has 0 amide bonds. The van der Waals surface area contributed by atoms with Gasteiger partial charge in [-0.1, -0.05) is 40.7 Å². The number of aromatic nitrogens is 3. The second-order valence-electron chi connectivity index (χ2n) is 5.30. The molecule has 0 spiro atoms. The van der Waals surface area contributed by atoms with Crippen molar-refractivity contribution in [1.29, 1.82) is 0 Å². The number of hydrogen-bond donors (Lipinski definition) is 0. The minimum atomic E-state index is -0.118. The predicted molar refractivity (Wildman–Crippen MR) is 98.4 cm³/mol. The van der Waals surface area contributed by atoms with E-state index in [0.29, 0.717) is 32.5 Å². The molecule has 5 nitrogen and oxygen atoms in total. The molecule has 2 aromatic heterocycles. The maximum Gasteiger partial charge on any atom is 0.266 e. The minimum absolute atomic E-state index is 0.118. The molecule has 0 fully saturated rings. The lowest BCUT2D eigenvalue weighted by Crippen LogP contribution is -2.21. The number of para-hydroxylation sites is 1. The van der Waals surface area contributed by atoms with Crippen molar-refractivity contribution in [2.45, 2.75) is 10.9 Å². The Hall–Kier alpha value is -2.57. The van der Waals surface area contributed by atoms with Crippen LogP contribution in [0.5, 0.6) is 0 Å². The van der Waals surface area contributed by atoms with Gasteiger partial charge in [-0.3, -0.25) is 9.36 Å². The average molecular weight is 370 g/mol. The second kappa shape index (κ2) is 6.74. The molecule has 0 bridgehead atoms.